The highest BCUT2D eigenvalue weighted by atomic mass is 32.2. The molecule has 23 heavy (non-hydrogen) atoms. The maximum Gasteiger partial charge on any atom is 0.236 e. The third-order valence-corrected chi connectivity index (χ3v) is 4.47. The molecule has 0 fully saturated rings. The number of aromatic nitrogens is 2. The predicted molar refractivity (Wildman–Crippen MR) is 93.1 cm³/mol. The number of aryl methyl sites for hydroxylation is 1. The van der Waals surface area contributed by atoms with Crippen LogP contribution in [0.3, 0.4) is 0 Å². The summed E-state index contributed by atoms with van der Waals surface area (Å²) in [4.78, 5) is 16.2. The fraction of sp³-hybridized carbons (Fsp3) is 0.471. The van der Waals surface area contributed by atoms with E-state index in [1.54, 1.807) is 0 Å². The summed E-state index contributed by atoms with van der Waals surface area (Å²) >= 11 is 1.48. The van der Waals surface area contributed by atoms with Crippen molar-refractivity contribution in [1.82, 2.24) is 15.5 Å². The maximum absolute atomic E-state index is 11.8. The molecule has 1 aromatic heterocycles. The van der Waals surface area contributed by atoms with Gasteiger partial charge in [-0.3, -0.25) is 4.79 Å². The Bertz CT molecular complexity index is 638. The van der Waals surface area contributed by atoms with Crippen molar-refractivity contribution in [3.63, 3.8) is 0 Å². The largest absolute Gasteiger partial charge is 0.353 e. The van der Waals surface area contributed by atoms with Gasteiger partial charge in [-0.15, -0.1) is 11.8 Å². The van der Waals surface area contributed by atoms with Gasteiger partial charge >= 0.3 is 0 Å². The smallest absolute Gasteiger partial charge is 0.236 e. The zero-order chi connectivity index (χ0) is 16.7. The first-order valence-electron chi connectivity index (χ1n) is 7.89. The third-order valence-electron chi connectivity index (χ3n) is 3.55. The highest BCUT2D eigenvalue weighted by Crippen LogP contribution is 2.19. The van der Waals surface area contributed by atoms with Crippen LogP contribution in [-0.4, -0.2) is 27.8 Å². The molecule has 0 aliphatic carbocycles. The summed E-state index contributed by atoms with van der Waals surface area (Å²) in [6.45, 7) is 6.18. The van der Waals surface area contributed by atoms with Crippen LogP contribution in [0.5, 0.6) is 0 Å². The Morgan fingerprint density at radius 2 is 2.13 bits per heavy atom. The molecule has 124 valence electrons. The van der Waals surface area contributed by atoms with Gasteiger partial charge in [-0.05, 0) is 25.8 Å². The Morgan fingerprint density at radius 1 is 1.35 bits per heavy atom. The van der Waals surface area contributed by atoms with Crippen molar-refractivity contribution in [1.29, 1.82) is 0 Å². The molecule has 1 amide bonds. The molecule has 5 nitrogen and oxygen atoms in total. The van der Waals surface area contributed by atoms with Gasteiger partial charge in [0.15, 0.2) is 0 Å². The molecule has 0 radical (unpaired) electrons. The average molecular weight is 333 g/mol. The van der Waals surface area contributed by atoms with Crippen molar-refractivity contribution in [2.45, 2.75) is 45.4 Å². The van der Waals surface area contributed by atoms with Crippen LogP contribution in [0.4, 0.5) is 0 Å². The fourth-order valence-corrected chi connectivity index (χ4v) is 2.87. The molecule has 0 aliphatic rings. The number of benzene rings is 1. The topological polar surface area (TPSA) is 68.0 Å². The molecule has 0 saturated carbocycles. The number of thioether (sulfide) groups is 1. The molecule has 2 rings (SSSR count). The average Bonchev–Trinajstić information content (AvgIpc) is 3.01. The number of hydrogen-bond donors (Lipinski definition) is 1. The Balaban J connectivity index is 1.82. The molecule has 1 N–H and O–H groups in total. The quantitative estimate of drug-likeness (QED) is 0.799. The summed E-state index contributed by atoms with van der Waals surface area (Å²) in [7, 11) is 0. The summed E-state index contributed by atoms with van der Waals surface area (Å²) in [5, 5.41) is 7.01. The number of hydrogen-bond acceptors (Lipinski definition) is 5. The minimum atomic E-state index is 0.0575. The Kier molecular flexibility index (Phi) is 6.65. The molecule has 1 heterocycles. The minimum Gasteiger partial charge on any atom is -0.353 e. The summed E-state index contributed by atoms with van der Waals surface area (Å²) in [5.74, 6) is 2.13. The van der Waals surface area contributed by atoms with E-state index in [0.717, 1.165) is 24.0 Å². The lowest BCUT2D eigenvalue weighted by Gasteiger charge is -2.13. The zero-order valence-corrected chi connectivity index (χ0v) is 14.7. The first kappa shape index (κ1) is 17.5. The fourth-order valence-electron chi connectivity index (χ4n) is 2.21. The second kappa shape index (κ2) is 8.72. The van der Waals surface area contributed by atoms with Crippen LogP contribution in [0.25, 0.3) is 11.4 Å². The van der Waals surface area contributed by atoms with E-state index in [0.29, 0.717) is 23.2 Å². The molecule has 0 atom stereocenters. The molecular formula is C17H23N3O2S. The molecule has 2 aromatic rings. The van der Waals surface area contributed by atoms with Crippen molar-refractivity contribution in [3.05, 3.63) is 35.7 Å². The van der Waals surface area contributed by atoms with Crippen LogP contribution in [0.1, 0.15) is 38.1 Å². The van der Waals surface area contributed by atoms with Gasteiger partial charge in [0.25, 0.3) is 0 Å². The van der Waals surface area contributed by atoms with Crippen molar-refractivity contribution in [3.8, 4) is 11.4 Å². The van der Waals surface area contributed by atoms with E-state index in [1.807, 2.05) is 31.2 Å². The molecule has 6 heteroatoms. The highest BCUT2D eigenvalue weighted by Gasteiger charge is 2.11. The number of amides is 1. The molecule has 1 aromatic carbocycles. The third kappa shape index (κ3) is 5.39. The number of nitrogens with zero attached hydrogens (tertiary/aromatic N) is 2. The Hall–Kier alpha value is -1.82. The van der Waals surface area contributed by atoms with E-state index in [2.05, 4.69) is 29.3 Å². The monoisotopic (exact) mass is 333 g/mol. The lowest BCUT2D eigenvalue weighted by atomic mass is 10.1. The number of carbonyl (C=O) groups is 1. The molecule has 0 unspecified atom stereocenters. The summed E-state index contributed by atoms with van der Waals surface area (Å²) < 4.78 is 5.25. The molecular weight excluding hydrogens is 310 g/mol. The van der Waals surface area contributed by atoms with Gasteiger partial charge in [0.1, 0.15) is 0 Å². The van der Waals surface area contributed by atoms with Crippen LogP contribution in [0, 0.1) is 6.92 Å². The molecule has 0 saturated heterocycles. The first-order valence-corrected chi connectivity index (χ1v) is 9.04. The van der Waals surface area contributed by atoms with Crippen LogP contribution in [-0.2, 0) is 10.5 Å². The molecule has 0 bridgehead atoms. The van der Waals surface area contributed by atoms with Crippen molar-refractivity contribution >= 4 is 17.7 Å². The van der Waals surface area contributed by atoms with Gasteiger partial charge < -0.3 is 9.84 Å². The SMILES string of the molecule is CCC(CC)NC(=O)CSCc1nc(-c2cccc(C)c2)no1. The predicted octanol–water partition coefficient (Wildman–Crippen LogP) is 3.58. The van der Waals surface area contributed by atoms with E-state index in [-0.39, 0.29) is 11.9 Å². The molecule has 0 spiro atoms. The number of carbonyl (C=O) groups excluding carboxylic acids is 1. The standard InChI is InChI=1S/C17H23N3O2S/c1-4-14(5-2)18-15(21)10-23-11-16-19-17(20-22-16)13-8-6-7-12(3)9-13/h6-9,14H,4-5,10-11H2,1-3H3,(H,18,21). The van der Waals surface area contributed by atoms with Gasteiger partial charge in [-0.25, -0.2) is 0 Å². The maximum atomic E-state index is 11.8. The van der Waals surface area contributed by atoms with E-state index in [4.69, 9.17) is 4.52 Å². The van der Waals surface area contributed by atoms with E-state index < -0.39 is 0 Å². The van der Waals surface area contributed by atoms with E-state index in [1.165, 1.54) is 11.8 Å². The Morgan fingerprint density at radius 3 is 2.83 bits per heavy atom. The second-order valence-corrected chi connectivity index (χ2v) is 6.44. The van der Waals surface area contributed by atoms with Gasteiger partial charge in [-0.1, -0.05) is 42.8 Å². The summed E-state index contributed by atoms with van der Waals surface area (Å²) in [6, 6.07) is 8.23. The van der Waals surface area contributed by atoms with Gasteiger partial charge in [0.2, 0.25) is 17.6 Å². The van der Waals surface area contributed by atoms with Crippen LogP contribution >= 0.6 is 11.8 Å². The minimum absolute atomic E-state index is 0.0575. The summed E-state index contributed by atoms with van der Waals surface area (Å²) in [6.07, 6.45) is 1.91. The van der Waals surface area contributed by atoms with Crippen LogP contribution < -0.4 is 5.32 Å². The lowest BCUT2D eigenvalue weighted by Crippen LogP contribution is -2.35. The van der Waals surface area contributed by atoms with Crippen LogP contribution in [0.15, 0.2) is 28.8 Å². The number of nitrogens with one attached hydrogen (secondary N) is 1. The van der Waals surface area contributed by atoms with Crippen molar-refractivity contribution in [2.24, 2.45) is 0 Å². The highest BCUT2D eigenvalue weighted by molar-refractivity contribution is 7.99. The molecule has 0 aliphatic heterocycles. The van der Waals surface area contributed by atoms with Gasteiger partial charge in [0.05, 0.1) is 11.5 Å². The van der Waals surface area contributed by atoms with E-state index in [9.17, 15) is 4.79 Å². The van der Waals surface area contributed by atoms with E-state index >= 15 is 0 Å². The Labute approximate surface area is 141 Å². The zero-order valence-electron chi connectivity index (χ0n) is 13.8. The van der Waals surface area contributed by atoms with Crippen LogP contribution in [0.2, 0.25) is 0 Å². The first-order chi connectivity index (χ1) is 11.1. The summed E-state index contributed by atoms with van der Waals surface area (Å²) in [5.41, 5.74) is 2.10. The normalized spacial score (nSPS) is 11.0. The van der Waals surface area contributed by atoms with Gasteiger partial charge in [0, 0.05) is 11.6 Å². The number of rotatable bonds is 8. The van der Waals surface area contributed by atoms with Crippen molar-refractivity contribution < 1.29 is 9.32 Å². The second-order valence-electron chi connectivity index (χ2n) is 5.45. The van der Waals surface area contributed by atoms with Crippen molar-refractivity contribution in [2.75, 3.05) is 5.75 Å². The van der Waals surface area contributed by atoms with Gasteiger partial charge in [-0.2, -0.15) is 4.98 Å². The lowest BCUT2D eigenvalue weighted by molar-refractivity contribution is -0.119.